The predicted molar refractivity (Wildman–Crippen MR) is 102 cm³/mol. The number of benzene rings is 1. The van der Waals surface area contributed by atoms with Crippen molar-refractivity contribution in [3.05, 3.63) is 34.9 Å². The summed E-state index contributed by atoms with van der Waals surface area (Å²) in [6, 6.07) is 8.65. The van der Waals surface area contributed by atoms with Gasteiger partial charge in [0.1, 0.15) is 0 Å². The van der Waals surface area contributed by atoms with Gasteiger partial charge in [0.25, 0.3) is 0 Å². The molecular formula is C16H25ClIN3. The Morgan fingerprint density at radius 2 is 2.14 bits per heavy atom. The van der Waals surface area contributed by atoms with Gasteiger partial charge in [0.15, 0.2) is 5.96 Å². The molecule has 1 aromatic rings. The number of nitrogens with zero attached hydrogens (tertiary/aromatic N) is 1. The molecule has 0 radical (unpaired) electrons. The van der Waals surface area contributed by atoms with E-state index in [9.17, 15) is 0 Å². The monoisotopic (exact) mass is 421 g/mol. The molecule has 1 saturated carbocycles. The van der Waals surface area contributed by atoms with Crippen LogP contribution in [0.4, 0.5) is 0 Å². The molecular weight excluding hydrogens is 397 g/mol. The van der Waals surface area contributed by atoms with E-state index in [-0.39, 0.29) is 29.4 Å². The second-order valence-electron chi connectivity index (χ2n) is 5.67. The van der Waals surface area contributed by atoms with E-state index in [1.54, 1.807) is 0 Å². The third-order valence-electron chi connectivity index (χ3n) is 4.10. The van der Waals surface area contributed by atoms with Gasteiger partial charge in [-0.15, -0.1) is 24.0 Å². The first-order valence-electron chi connectivity index (χ1n) is 7.33. The van der Waals surface area contributed by atoms with Crippen molar-refractivity contribution in [3.8, 4) is 0 Å². The van der Waals surface area contributed by atoms with Gasteiger partial charge in [-0.3, -0.25) is 4.99 Å². The van der Waals surface area contributed by atoms with Crippen LogP contribution in [0.25, 0.3) is 0 Å². The Morgan fingerprint density at radius 1 is 1.43 bits per heavy atom. The molecule has 0 saturated heterocycles. The molecule has 21 heavy (non-hydrogen) atoms. The van der Waals surface area contributed by atoms with Crippen LogP contribution >= 0.6 is 35.6 Å². The average Bonchev–Trinajstić information content (AvgIpc) is 3.24. The van der Waals surface area contributed by atoms with Crippen molar-refractivity contribution in [1.82, 2.24) is 10.6 Å². The molecule has 1 fully saturated rings. The van der Waals surface area contributed by atoms with Crippen molar-refractivity contribution in [1.29, 1.82) is 0 Å². The molecule has 0 aliphatic heterocycles. The summed E-state index contributed by atoms with van der Waals surface area (Å²) in [4.78, 5) is 4.29. The van der Waals surface area contributed by atoms with E-state index < -0.39 is 0 Å². The van der Waals surface area contributed by atoms with Gasteiger partial charge in [0.05, 0.1) is 0 Å². The van der Waals surface area contributed by atoms with E-state index in [0.29, 0.717) is 6.04 Å². The second kappa shape index (κ2) is 8.22. The first-order chi connectivity index (χ1) is 9.59. The summed E-state index contributed by atoms with van der Waals surface area (Å²) in [7, 11) is 1.82. The summed E-state index contributed by atoms with van der Waals surface area (Å²) in [5, 5.41) is 7.66. The van der Waals surface area contributed by atoms with Gasteiger partial charge >= 0.3 is 0 Å². The van der Waals surface area contributed by atoms with E-state index in [0.717, 1.165) is 23.9 Å². The van der Waals surface area contributed by atoms with Gasteiger partial charge in [-0.1, -0.05) is 30.7 Å². The molecule has 2 rings (SSSR count). The highest BCUT2D eigenvalue weighted by atomic mass is 127. The Morgan fingerprint density at radius 3 is 2.67 bits per heavy atom. The second-order valence-corrected chi connectivity index (χ2v) is 6.11. The standard InChI is InChI=1S/C16H24ClN3.HI/c1-4-12(2)20-15(18-3)19-11-16(8-9-16)13-6-5-7-14(17)10-13;/h5-7,10,12H,4,8-9,11H2,1-3H3,(H2,18,19,20);1H. The fraction of sp³-hybridized carbons (Fsp3) is 0.562. The number of guanidine groups is 1. The minimum atomic E-state index is 0. The lowest BCUT2D eigenvalue weighted by Crippen LogP contribution is -2.44. The zero-order valence-corrected chi connectivity index (χ0v) is 16.0. The van der Waals surface area contributed by atoms with Crippen LogP contribution in [0.1, 0.15) is 38.7 Å². The lowest BCUT2D eigenvalue weighted by molar-refractivity contribution is 0.601. The van der Waals surface area contributed by atoms with Crippen LogP contribution in [0.5, 0.6) is 0 Å². The molecule has 2 N–H and O–H groups in total. The van der Waals surface area contributed by atoms with Crippen molar-refractivity contribution in [2.75, 3.05) is 13.6 Å². The average molecular weight is 422 g/mol. The zero-order chi connectivity index (χ0) is 14.6. The highest BCUT2D eigenvalue weighted by molar-refractivity contribution is 14.0. The Bertz CT molecular complexity index is 486. The van der Waals surface area contributed by atoms with Crippen molar-refractivity contribution in [2.45, 2.75) is 44.6 Å². The lowest BCUT2D eigenvalue weighted by Gasteiger charge is -2.21. The SMILES string of the molecule is CCC(C)NC(=NC)NCC1(c2cccc(Cl)c2)CC1.I. The van der Waals surface area contributed by atoms with Crippen LogP contribution in [-0.2, 0) is 5.41 Å². The number of halogens is 2. The van der Waals surface area contributed by atoms with Crippen molar-refractivity contribution in [3.63, 3.8) is 0 Å². The minimum Gasteiger partial charge on any atom is -0.356 e. The Labute approximate surface area is 150 Å². The number of nitrogens with one attached hydrogen (secondary N) is 2. The summed E-state index contributed by atoms with van der Waals surface area (Å²) >= 11 is 6.10. The Balaban J connectivity index is 0.00000220. The fourth-order valence-electron chi connectivity index (χ4n) is 2.32. The van der Waals surface area contributed by atoms with Crippen LogP contribution in [0.3, 0.4) is 0 Å². The number of rotatable bonds is 5. The van der Waals surface area contributed by atoms with Crippen LogP contribution < -0.4 is 10.6 Å². The van der Waals surface area contributed by atoms with Crippen LogP contribution in [0, 0.1) is 0 Å². The molecule has 0 spiro atoms. The summed E-state index contributed by atoms with van der Waals surface area (Å²) < 4.78 is 0. The summed E-state index contributed by atoms with van der Waals surface area (Å²) in [5.41, 5.74) is 1.56. The molecule has 0 bridgehead atoms. The maximum Gasteiger partial charge on any atom is 0.191 e. The molecule has 1 atom stereocenters. The number of hydrogen-bond donors (Lipinski definition) is 2. The smallest absolute Gasteiger partial charge is 0.191 e. The van der Waals surface area contributed by atoms with E-state index >= 15 is 0 Å². The first kappa shape index (κ1) is 18.6. The van der Waals surface area contributed by atoms with Crippen molar-refractivity contribution < 1.29 is 0 Å². The van der Waals surface area contributed by atoms with Crippen molar-refractivity contribution >= 4 is 41.5 Å². The van der Waals surface area contributed by atoms with Crippen LogP contribution in [0.2, 0.25) is 5.02 Å². The molecule has 118 valence electrons. The maximum atomic E-state index is 6.10. The number of hydrogen-bond acceptors (Lipinski definition) is 1. The van der Waals surface area contributed by atoms with Crippen LogP contribution in [-0.4, -0.2) is 25.6 Å². The topological polar surface area (TPSA) is 36.4 Å². The molecule has 1 aliphatic carbocycles. The molecule has 1 unspecified atom stereocenters. The quantitative estimate of drug-likeness (QED) is 0.429. The molecule has 0 heterocycles. The molecule has 1 aliphatic rings. The van der Waals surface area contributed by atoms with Crippen molar-refractivity contribution in [2.24, 2.45) is 4.99 Å². The van der Waals surface area contributed by atoms with Gasteiger partial charge in [0, 0.05) is 30.1 Å². The van der Waals surface area contributed by atoms with E-state index in [1.165, 1.54) is 18.4 Å². The highest BCUT2D eigenvalue weighted by Crippen LogP contribution is 2.48. The van der Waals surface area contributed by atoms with E-state index in [4.69, 9.17) is 11.6 Å². The lowest BCUT2D eigenvalue weighted by atomic mass is 9.96. The Hall–Kier alpha value is -0.490. The molecule has 3 nitrogen and oxygen atoms in total. The van der Waals surface area contributed by atoms with Gasteiger partial charge in [-0.05, 0) is 43.9 Å². The Kier molecular flexibility index (Phi) is 7.27. The normalized spacial score (nSPS) is 17.6. The van der Waals surface area contributed by atoms with Gasteiger partial charge in [-0.25, -0.2) is 0 Å². The summed E-state index contributed by atoms with van der Waals surface area (Å²) in [6.45, 7) is 5.24. The third kappa shape index (κ3) is 5.02. The largest absolute Gasteiger partial charge is 0.356 e. The third-order valence-corrected chi connectivity index (χ3v) is 4.34. The number of aliphatic imine (C=N–C) groups is 1. The van der Waals surface area contributed by atoms with E-state index in [1.807, 2.05) is 19.2 Å². The maximum absolute atomic E-state index is 6.10. The predicted octanol–water partition coefficient (Wildman–Crippen LogP) is 3.95. The summed E-state index contributed by atoms with van der Waals surface area (Å²) in [5.74, 6) is 0.882. The van der Waals surface area contributed by atoms with Crippen LogP contribution in [0.15, 0.2) is 29.3 Å². The molecule has 0 amide bonds. The van der Waals surface area contributed by atoms with Gasteiger partial charge in [0.2, 0.25) is 0 Å². The first-order valence-corrected chi connectivity index (χ1v) is 7.70. The summed E-state index contributed by atoms with van der Waals surface area (Å²) in [6.07, 6.45) is 3.50. The fourth-order valence-corrected chi connectivity index (χ4v) is 2.51. The minimum absolute atomic E-state index is 0. The zero-order valence-electron chi connectivity index (χ0n) is 12.9. The molecule has 0 aromatic heterocycles. The molecule has 1 aromatic carbocycles. The van der Waals surface area contributed by atoms with Gasteiger partial charge in [-0.2, -0.15) is 0 Å². The molecule has 5 heteroatoms. The highest BCUT2D eigenvalue weighted by Gasteiger charge is 2.44. The van der Waals surface area contributed by atoms with Gasteiger partial charge < -0.3 is 10.6 Å². The van der Waals surface area contributed by atoms with E-state index in [2.05, 4.69) is 41.6 Å².